The molecule has 27 heavy (non-hydrogen) atoms. The van der Waals surface area contributed by atoms with Gasteiger partial charge in [0.1, 0.15) is 12.4 Å². The Morgan fingerprint density at radius 3 is 2.78 bits per heavy atom. The summed E-state index contributed by atoms with van der Waals surface area (Å²) >= 11 is 0. The summed E-state index contributed by atoms with van der Waals surface area (Å²) in [6.07, 6.45) is 1.51. The zero-order valence-electron chi connectivity index (χ0n) is 16.8. The van der Waals surface area contributed by atoms with Crippen LogP contribution in [0.5, 0.6) is 5.75 Å². The van der Waals surface area contributed by atoms with Crippen LogP contribution in [0.1, 0.15) is 45.1 Å². The lowest BCUT2D eigenvalue weighted by atomic mass is 10.0. The summed E-state index contributed by atoms with van der Waals surface area (Å²) in [5.74, 6) is 2.34. The van der Waals surface area contributed by atoms with E-state index in [0.29, 0.717) is 25.5 Å². The van der Waals surface area contributed by atoms with Gasteiger partial charge < -0.3 is 20.3 Å². The van der Waals surface area contributed by atoms with E-state index in [2.05, 4.69) is 35.5 Å². The standard InChI is InChI=1S/C20H32N4O2.HI/c1-5-19(25)24-12-10-16(14-24)23-20(21-4)22-11-13-26-18-9-7-6-8-17(18)15(2)3;/h6-9,15-16H,5,10-14H2,1-4H3,(H2,21,22,23);1H. The van der Waals surface area contributed by atoms with Gasteiger partial charge in [0.15, 0.2) is 5.96 Å². The van der Waals surface area contributed by atoms with Crippen LogP contribution >= 0.6 is 24.0 Å². The molecule has 0 aliphatic carbocycles. The highest BCUT2D eigenvalue weighted by atomic mass is 127. The Kier molecular flexibility index (Phi) is 10.5. The first kappa shape index (κ1) is 23.5. The fourth-order valence-electron chi connectivity index (χ4n) is 3.14. The maximum Gasteiger partial charge on any atom is 0.222 e. The Balaban J connectivity index is 0.00000364. The highest BCUT2D eigenvalue weighted by Crippen LogP contribution is 2.25. The Morgan fingerprint density at radius 2 is 2.11 bits per heavy atom. The van der Waals surface area contributed by atoms with Crippen molar-refractivity contribution >= 4 is 35.8 Å². The molecule has 2 rings (SSSR count). The molecule has 1 unspecified atom stereocenters. The van der Waals surface area contributed by atoms with E-state index in [4.69, 9.17) is 4.74 Å². The smallest absolute Gasteiger partial charge is 0.222 e. The number of rotatable bonds is 7. The van der Waals surface area contributed by atoms with Gasteiger partial charge in [0.05, 0.1) is 6.54 Å². The number of carbonyl (C=O) groups excluding carboxylic acids is 1. The lowest BCUT2D eigenvalue weighted by Crippen LogP contribution is -2.46. The predicted molar refractivity (Wildman–Crippen MR) is 121 cm³/mol. The third-order valence-electron chi connectivity index (χ3n) is 4.60. The normalized spacial score (nSPS) is 16.9. The van der Waals surface area contributed by atoms with Crippen LogP contribution in [0, 0.1) is 0 Å². The van der Waals surface area contributed by atoms with Crippen LogP contribution in [0.3, 0.4) is 0 Å². The molecule has 152 valence electrons. The molecular formula is C20H33IN4O2. The summed E-state index contributed by atoms with van der Waals surface area (Å²) in [4.78, 5) is 18.0. The molecule has 1 aromatic rings. The Hall–Kier alpha value is -1.51. The van der Waals surface area contributed by atoms with Crippen molar-refractivity contribution in [1.29, 1.82) is 0 Å². The topological polar surface area (TPSA) is 66.0 Å². The minimum Gasteiger partial charge on any atom is -0.491 e. The van der Waals surface area contributed by atoms with Gasteiger partial charge in [-0.25, -0.2) is 0 Å². The minimum absolute atomic E-state index is 0. The van der Waals surface area contributed by atoms with Gasteiger partial charge in [0.2, 0.25) is 5.91 Å². The molecule has 0 spiro atoms. The second kappa shape index (κ2) is 12.0. The fraction of sp³-hybridized carbons (Fsp3) is 0.600. The highest BCUT2D eigenvalue weighted by Gasteiger charge is 2.25. The molecule has 1 aromatic carbocycles. The van der Waals surface area contributed by atoms with Crippen LogP contribution in [-0.2, 0) is 4.79 Å². The number of para-hydroxylation sites is 1. The Labute approximate surface area is 180 Å². The van der Waals surface area contributed by atoms with E-state index < -0.39 is 0 Å². The summed E-state index contributed by atoms with van der Waals surface area (Å²) in [5.41, 5.74) is 1.22. The number of carbonyl (C=O) groups is 1. The van der Waals surface area contributed by atoms with Gasteiger partial charge in [-0.2, -0.15) is 0 Å². The Bertz CT molecular complexity index is 622. The van der Waals surface area contributed by atoms with Gasteiger partial charge >= 0.3 is 0 Å². The number of hydrogen-bond donors (Lipinski definition) is 2. The van der Waals surface area contributed by atoms with E-state index in [0.717, 1.165) is 31.2 Å². The van der Waals surface area contributed by atoms with Crippen molar-refractivity contribution in [1.82, 2.24) is 15.5 Å². The predicted octanol–water partition coefficient (Wildman–Crippen LogP) is 2.98. The van der Waals surface area contributed by atoms with Crippen LogP contribution in [0.15, 0.2) is 29.3 Å². The molecule has 1 heterocycles. The van der Waals surface area contributed by atoms with Crippen LogP contribution in [0.25, 0.3) is 0 Å². The van der Waals surface area contributed by atoms with Crippen molar-refractivity contribution in [2.45, 2.75) is 45.6 Å². The van der Waals surface area contributed by atoms with Crippen molar-refractivity contribution in [2.24, 2.45) is 4.99 Å². The summed E-state index contributed by atoms with van der Waals surface area (Å²) in [6.45, 7) is 9.02. The molecule has 1 fully saturated rings. The molecule has 0 saturated carbocycles. The second-order valence-corrected chi connectivity index (χ2v) is 6.86. The Morgan fingerprint density at radius 1 is 1.37 bits per heavy atom. The first-order chi connectivity index (χ1) is 12.5. The van der Waals surface area contributed by atoms with Gasteiger partial charge in [-0.05, 0) is 24.0 Å². The average Bonchev–Trinajstić information content (AvgIpc) is 3.12. The van der Waals surface area contributed by atoms with Crippen LogP contribution < -0.4 is 15.4 Å². The SMILES string of the molecule is CCC(=O)N1CCC(NC(=NC)NCCOc2ccccc2C(C)C)C1.I. The first-order valence-corrected chi connectivity index (χ1v) is 9.51. The van der Waals surface area contributed by atoms with Crippen molar-refractivity contribution in [3.63, 3.8) is 0 Å². The largest absolute Gasteiger partial charge is 0.491 e. The van der Waals surface area contributed by atoms with Crippen molar-refractivity contribution < 1.29 is 9.53 Å². The molecule has 1 aliphatic heterocycles. The maximum atomic E-state index is 11.8. The average molecular weight is 488 g/mol. The van der Waals surface area contributed by atoms with E-state index in [1.54, 1.807) is 7.05 Å². The lowest BCUT2D eigenvalue weighted by molar-refractivity contribution is -0.129. The van der Waals surface area contributed by atoms with Crippen LogP contribution in [0.4, 0.5) is 0 Å². The van der Waals surface area contributed by atoms with E-state index in [-0.39, 0.29) is 35.9 Å². The number of ether oxygens (including phenoxy) is 1. The third-order valence-corrected chi connectivity index (χ3v) is 4.60. The number of aliphatic imine (C=N–C) groups is 1. The van der Waals surface area contributed by atoms with Gasteiger partial charge in [-0.15, -0.1) is 24.0 Å². The van der Waals surface area contributed by atoms with E-state index >= 15 is 0 Å². The van der Waals surface area contributed by atoms with E-state index in [1.165, 1.54) is 5.56 Å². The molecule has 1 atom stereocenters. The molecule has 0 aromatic heterocycles. The van der Waals surface area contributed by atoms with Gasteiger partial charge in [0, 0.05) is 32.6 Å². The van der Waals surface area contributed by atoms with Crippen molar-refractivity contribution in [3.8, 4) is 5.75 Å². The number of hydrogen-bond acceptors (Lipinski definition) is 3. The number of nitrogens with one attached hydrogen (secondary N) is 2. The van der Waals surface area contributed by atoms with Crippen molar-refractivity contribution in [3.05, 3.63) is 29.8 Å². The van der Waals surface area contributed by atoms with E-state index in [1.807, 2.05) is 30.0 Å². The summed E-state index contributed by atoms with van der Waals surface area (Å²) in [5, 5.41) is 6.68. The number of benzene rings is 1. The van der Waals surface area contributed by atoms with Gasteiger partial charge in [-0.1, -0.05) is 39.0 Å². The molecular weight excluding hydrogens is 455 g/mol. The molecule has 1 amide bonds. The minimum atomic E-state index is 0. The van der Waals surface area contributed by atoms with Crippen LogP contribution in [0.2, 0.25) is 0 Å². The molecule has 6 nitrogen and oxygen atoms in total. The number of nitrogens with zero attached hydrogens (tertiary/aromatic N) is 2. The number of halogens is 1. The monoisotopic (exact) mass is 488 g/mol. The third kappa shape index (κ3) is 7.20. The summed E-state index contributed by atoms with van der Waals surface area (Å²) in [7, 11) is 1.76. The quantitative estimate of drug-likeness (QED) is 0.268. The molecule has 0 radical (unpaired) electrons. The molecule has 1 saturated heterocycles. The first-order valence-electron chi connectivity index (χ1n) is 9.51. The molecule has 2 N–H and O–H groups in total. The summed E-state index contributed by atoms with van der Waals surface area (Å²) < 4.78 is 5.93. The van der Waals surface area contributed by atoms with Gasteiger partial charge in [-0.3, -0.25) is 9.79 Å². The molecule has 0 bridgehead atoms. The van der Waals surface area contributed by atoms with Crippen LogP contribution in [-0.4, -0.2) is 56.1 Å². The number of amides is 1. The summed E-state index contributed by atoms with van der Waals surface area (Å²) in [6, 6.07) is 8.41. The molecule has 7 heteroatoms. The second-order valence-electron chi connectivity index (χ2n) is 6.86. The zero-order chi connectivity index (χ0) is 18.9. The number of likely N-dealkylation sites (tertiary alicyclic amines) is 1. The number of guanidine groups is 1. The zero-order valence-corrected chi connectivity index (χ0v) is 19.2. The van der Waals surface area contributed by atoms with Crippen molar-refractivity contribution in [2.75, 3.05) is 33.3 Å². The molecule has 1 aliphatic rings. The highest BCUT2D eigenvalue weighted by molar-refractivity contribution is 14.0. The fourth-order valence-corrected chi connectivity index (χ4v) is 3.14. The lowest BCUT2D eigenvalue weighted by Gasteiger charge is -2.19. The van der Waals surface area contributed by atoms with Gasteiger partial charge in [0.25, 0.3) is 0 Å². The van der Waals surface area contributed by atoms with E-state index in [9.17, 15) is 4.79 Å². The maximum absolute atomic E-state index is 11.8.